The van der Waals surface area contributed by atoms with Crippen LogP contribution in [0.1, 0.15) is 50.9 Å². The van der Waals surface area contributed by atoms with Gasteiger partial charge in [-0.25, -0.2) is 4.79 Å². The minimum Gasteiger partial charge on any atom is -0.456 e. The number of hydrogen-bond donors (Lipinski definition) is 0. The lowest BCUT2D eigenvalue weighted by Crippen LogP contribution is -2.27. The summed E-state index contributed by atoms with van der Waals surface area (Å²) in [7, 11) is 0. The maximum absolute atomic E-state index is 12.1. The highest BCUT2D eigenvalue weighted by Crippen LogP contribution is 2.23. The molecule has 0 spiro atoms. The number of carbonyl (C=O) groups is 2. The highest BCUT2D eigenvalue weighted by Gasteiger charge is 2.24. The largest absolute Gasteiger partial charge is 0.456 e. The van der Waals surface area contributed by atoms with Gasteiger partial charge in [-0.05, 0) is 32.4 Å². The predicted molar refractivity (Wildman–Crippen MR) is 72.2 cm³/mol. The molecule has 104 valence electrons. The van der Waals surface area contributed by atoms with E-state index < -0.39 is 11.6 Å². The van der Waals surface area contributed by atoms with E-state index in [1.54, 1.807) is 31.2 Å². The minimum absolute atomic E-state index is 0.242. The number of esters is 2. The van der Waals surface area contributed by atoms with Gasteiger partial charge in [-0.1, -0.05) is 26.0 Å². The Kier molecular flexibility index (Phi) is 5.10. The van der Waals surface area contributed by atoms with Gasteiger partial charge in [-0.15, -0.1) is 0 Å². The van der Waals surface area contributed by atoms with Crippen molar-refractivity contribution in [1.29, 1.82) is 0 Å². The van der Waals surface area contributed by atoms with Crippen LogP contribution >= 0.6 is 0 Å². The molecule has 1 aromatic carbocycles. The second-order valence-electron chi connectivity index (χ2n) is 4.83. The summed E-state index contributed by atoms with van der Waals surface area (Å²) in [5.74, 6) is -0.618. The van der Waals surface area contributed by atoms with Crippen molar-refractivity contribution in [3.8, 4) is 5.75 Å². The van der Waals surface area contributed by atoms with Gasteiger partial charge in [0.1, 0.15) is 16.9 Å². The Balaban J connectivity index is 2.94. The highest BCUT2D eigenvalue weighted by molar-refractivity contribution is 5.93. The van der Waals surface area contributed by atoms with Crippen LogP contribution in [0.25, 0.3) is 0 Å². The van der Waals surface area contributed by atoms with E-state index in [0.717, 1.165) is 0 Å². The zero-order valence-electron chi connectivity index (χ0n) is 11.9. The van der Waals surface area contributed by atoms with Crippen LogP contribution in [0.3, 0.4) is 0 Å². The summed E-state index contributed by atoms with van der Waals surface area (Å²) in [6.07, 6.45) is 0.958. The van der Waals surface area contributed by atoms with Gasteiger partial charge in [-0.3, -0.25) is 4.79 Å². The number of rotatable bonds is 5. The molecule has 0 aliphatic heterocycles. The molecule has 0 N–H and O–H groups in total. The van der Waals surface area contributed by atoms with E-state index in [4.69, 9.17) is 9.47 Å². The third-order valence-corrected chi connectivity index (χ3v) is 2.84. The van der Waals surface area contributed by atoms with Gasteiger partial charge in [0.05, 0.1) is 0 Å². The Morgan fingerprint density at radius 1 is 1.16 bits per heavy atom. The van der Waals surface area contributed by atoms with Gasteiger partial charge in [-0.2, -0.15) is 0 Å². The molecule has 0 amide bonds. The smallest absolute Gasteiger partial charge is 0.342 e. The number of benzene rings is 1. The predicted octanol–water partition coefficient (Wildman–Crippen LogP) is 3.35. The van der Waals surface area contributed by atoms with Crippen LogP contribution in [0.15, 0.2) is 24.3 Å². The van der Waals surface area contributed by atoms with Crippen LogP contribution in [-0.4, -0.2) is 17.5 Å². The van der Waals surface area contributed by atoms with Crippen LogP contribution < -0.4 is 4.74 Å². The first-order valence-corrected chi connectivity index (χ1v) is 6.42. The molecule has 0 saturated carbocycles. The van der Waals surface area contributed by atoms with Crippen molar-refractivity contribution in [3.63, 3.8) is 0 Å². The second-order valence-corrected chi connectivity index (χ2v) is 4.83. The first-order chi connectivity index (χ1) is 8.89. The van der Waals surface area contributed by atoms with Crippen molar-refractivity contribution in [2.75, 3.05) is 0 Å². The van der Waals surface area contributed by atoms with Crippen molar-refractivity contribution in [2.24, 2.45) is 0 Å². The normalized spacial score (nSPS) is 10.9. The Hall–Kier alpha value is -1.84. The number of para-hydroxylation sites is 1. The van der Waals surface area contributed by atoms with Crippen molar-refractivity contribution in [3.05, 3.63) is 29.8 Å². The standard InChI is InChI=1S/C15H20O4/c1-5-13(16)18-12-10-8-7-9-11(12)14(17)19-15(3,4)6-2/h7-10H,5-6H2,1-4H3. The third kappa shape index (κ3) is 4.39. The van der Waals surface area contributed by atoms with Crippen LogP contribution in [0.2, 0.25) is 0 Å². The lowest BCUT2D eigenvalue weighted by atomic mass is 10.1. The SMILES string of the molecule is CCC(=O)Oc1ccccc1C(=O)OC(C)(C)CC. The molecule has 0 heterocycles. The van der Waals surface area contributed by atoms with Crippen molar-refractivity contribution in [2.45, 2.75) is 46.1 Å². The Morgan fingerprint density at radius 2 is 1.79 bits per heavy atom. The molecular formula is C15H20O4. The Labute approximate surface area is 113 Å². The lowest BCUT2D eigenvalue weighted by Gasteiger charge is -2.23. The summed E-state index contributed by atoms with van der Waals surface area (Å²) in [5, 5.41) is 0. The van der Waals surface area contributed by atoms with E-state index >= 15 is 0 Å². The summed E-state index contributed by atoms with van der Waals surface area (Å²) in [4.78, 5) is 23.4. The topological polar surface area (TPSA) is 52.6 Å². The van der Waals surface area contributed by atoms with E-state index in [2.05, 4.69) is 0 Å². The first kappa shape index (κ1) is 15.2. The maximum atomic E-state index is 12.1. The van der Waals surface area contributed by atoms with Crippen molar-refractivity contribution < 1.29 is 19.1 Å². The Bertz CT molecular complexity index is 463. The van der Waals surface area contributed by atoms with E-state index in [-0.39, 0.29) is 23.7 Å². The molecule has 0 bridgehead atoms. The van der Waals surface area contributed by atoms with Gasteiger partial charge in [0, 0.05) is 6.42 Å². The van der Waals surface area contributed by atoms with E-state index in [9.17, 15) is 9.59 Å². The molecule has 0 saturated heterocycles. The van der Waals surface area contributed by atoms with E-state index in [1.807, 2.05) is 20.8 Å². The summed E-state index contributed by atoms with van der Waals surface area (Å²) in [6.45, 7) is 7.32. The third-order valence-electron chi connectivity index (χ3n) is 2.84. The molecule has 0 aliphatic rings. The van der Waals surface area contributed by atoms with Gasteiger partial charge in [0.15, 0.2) is 0 Å². The molecule has 0 aliphatic carbocycles. The molecule has 0 radical (unpaired) electrons. The molecule has 4 heteroatoms. The number of ether oxygens (including phenoxy) is 2. The molecular weight excluding hydrogens is 244 g/mol. The number of hydrogen-bond acceptors (Lipinski definition) is 4. The molecule has 4 nitrogen and oxygen atoms in total. The fraction of sp³-hybridized carbons (Fsp3) is 0.467. The minimum atomic E-state index is -0.543. The Morgan fingerprint density at radius 3 is 2.37 bits per heavy atom. The van der Waals surface area contributed by atoms with E-state index in [0.29, 0.717) is 6.42 Å². The van der Waals surface area contributed by atoms with Gasteiger partial charge >= 0.3 is 11.9 Å². The summed E-state index contributed by atoms with van der Waals surface area (Å²) in [5.41, 5.74) is -0.273. The molecule has 0 unspecified atom stereocenters. The highest BCUT2D eigenvalue weighted by atomic mass is 16.6. The monoisotopic (exact) mass is 264 g/mol. The average molecular weight is 264 g/mol. The molecule has 0 fully saturated rings. The fourth-order valence-electron chi connectivity index (χ4n) is 1.30. The fourth-order valence-corrected chi connectivity index (χ4v) is 1.30. The van der Waals surface area contributed by atoms with E-state index in [1.165, 1.54) is 0 Å². The van der Waals surface area contributed by atoms with Crippen molar-refractivity contribution >= 4 is 11.9 Å². The van der Waals surface area contributed by atoms with Gasteiger partial charge in [0.2, 0.25) is 0 Å². The van der Waals surface area contributed by atoms with Crippen LogP contribution in [0, 0.1) is 0 Å². The second kappa shape index (κ2) is 6.36. The van der Waals surface area contributed by atoms with Crippen LogP contribution in [0.4, 0.5) is 0 Å². The molecule has 1 rings (SSSR count). The molecule has 0 atom stereocenters. The van der Waals surface area contributed by atoms with Crippen LogP contribution in [0.5, 0.6) is 5.75 Å². The van der Waals surface area contributed by atoms with Crippen molar-refractivity contribution in [1.82, 2.24) is 0 Å². The summed E-state index contributed by atoms with van der Waals surface area (Å²) < 4.78 is 10.5. The quantitative estimate of drug-likeness (QED) is 0.604. The zero-order valence-corrected chi connectivity index (χ0v) is 11.9. The maximum Gasteiger partial charge on any atom is 0.342 e. The summed E-state index contributed by atoms with van der Waals surface area (Å²) >= 11 is 0. The number of carbonyl (C=O) groups excluding carboxylic acids is 2. The first-order valence-electron chi connectivity index (χ1n) is 6.42. The van der Waals surface area contributed by atoms with Gasteiger partial charge < -0.3 is 9.47 Å². The van der Waals surface area contributed by atoms with Crippen LogP contribution in [-0.2, 0) is 9.53 Å². The molecule has 19 heavy (non-hydrogen) atoms. The lowest BCUT2D eigenvalue weighted by molar-refractivity contribution is -0.134. The van der Waals surface area contributed by atoms with Gasteiger partial charge in [0.25, 0.3) is 0 Å². The average Bonchev–Trinajstić information content (AvgIpc) is 2.38. The summed E-state index contributed by atoms with van der Waals surface area (Å²) in [6, 6.07) is 6.59. The zero-order chi connectivity index (χ0) is 14.5. The molecule has 1 aromatic rings. The molecule has 0 aromatic heterocycles.